The minimum absolute atomic E-state index is 0.0280. The van der Waals surface area contributed by atoms with Gasteiger partial charge >= 0.3 is 5.97 Å². The van der Waals surface area contributed by atoms with Gasteiger partial charge in [-0.25, -0.2) is 0 Å². The average molecular weight is 303 g/mol. The first-order chi connectivity index (χ1) is 10.7. The van der Waals surface area contributed by atoms with Gasteiger partial charge in [-0.3, -0.25) is 9.59 Å². The molecule has 8 heteroatoms. The number of amides is 1. The third-order valence-electron chi connectivity index (χ3n) is 2.74. The molecule has 0 unspecified atom stereocenters. The van der Waals surface area contributed by atoms with Crippen molar-refractivity contribution < 1.29 is 14.3 Å². The van der Waals surface area contributed by atoms with Gasteiger partial charge in [0.1, 0.15) is 0 Å². The lowest BCUT2D eigenvalue weighted by Gasteiger charge is -2.02. The molecule has 0 aliphatic rings. The Bertz CT molecular complexity index is 626. The van der Waals surface area contributed by atoms with E-state index in [4.69, 9.17) is 4.74 Å². The van der Waals surface area contributed by atoms with Crippen molar-refractivity contribution in [3.05, 3.63) is 41.7 Å². The molecule has 116 valence electrons. The van der Waals surface area contributed by atoms with E-state index >= 15 is 0 Å². The summed E-state index contributed by atoms with van der Waals surface area (Å²) in [6.45, 7) is 2.66. The molecule has 1 heterocycles. The number of benzene rings is 1. The Hall–Kier alpha value is -2.77. The Kier molecular flexibility index (Phi) is 5.58. The first-order valence-electron chi connectivity index (χ1n) is 6.94. The highest BCUT2D eigenvalue weighted by molar-refractivity contribution is 5.90. The summed E-state index contributed by atoms with van der Waals surface area (Å²) in [5.41, 5.74) is 1.01. The number of tetrazole rings is 1. The summed E-state index contributed by atoms with van der Waals surface area (Å²) in [6.07, 6.45) is 0.109. The van der Waals surface area contributed by atoms with Crippen LogP contribution in [0.15, 0.2) is 30.3 Å². The molecule has 1 aromatic carbocycles. The van der Waals surface area contributed by atoms with Crippen LogP contribution in [0.5, 0.6) is 0 Å². The Balaban J connectivity index is 1.83. The Labute approximate surface area is 127 Å². The molecular weight excluding hydrogens is 286 g/mol. The molecule has 0 aliphatic heterocycles. The summed E-state index contributed by atoms with van der Waals surface area (Å²) < 4.78 is 4.76. The quantitative estimate of drug-likeness (QED) is 0.744. The molecule has 1 amide bonds. The zero-order valence-electron chi connectivity index (χ0n) is 12.2. The van der Waals surface area contributed by atoms with Crippen molar-refractivity contribution in [2.24, 2.45) is 0 Å². The molecule has 2 rings (SSSR count). The molecule has 0 atom stereocenters. The van der Waals surface area contributed by atoms with Crippen LogP contribution in [-0.2, 0) is 16.1 Å². The molecule has 22 heavy (non-hydrogen) atoms. The number of nitrogens with zero attached hydrogens (tertiary/aromatic N) is 4. The average Bonchev–Trinajstić information content (AvgIpc) is 2.97. The smallest absolute Gasteiger partial charge is 0.307 e. The molecular formula is C14H17N5O3. The molecule has 0 aliphatic carbocycles. The number of nitrogens with one attached hydrogen (secondary N) is 1. The van der Waals surface area contributed by atoms with Crippen LogP contribution in [0.4, 0.5) is 0 Å². The van der Waals surface area contributed by atoms with E-state index in [0.29, 0.717) is 13.2 Å². The fourth-order valence-corrected chi connectivity index (χ4v) is 1.74. The molecule has 0 saturated carbocycles. The number of rotatable bonds is 7. The first kappa shape index (κ1) is 15.6. The Morgan fingerprint density at radius 3 is 2.77 bits per heavy atom. The van der Waals surface area contributed by atoms with Crippen LogP contribution in [0.2, 0.25) is 0 Å². The van der Waals surface area contributed by atoms with Gasteiger partial charge in [-0.15, -0.1) is 10.2 Å². The molecule has 0 fully saturated rings. The number of hydrogen-bond acceptors (Lipinski definition) is 6. The van der Waals surface area contributed by atoms with Gasteiger partial charge in [-0.2, -0.15) is 4.80 Å². The number of ether oxygens (including phenoxy) is 1. The van der Waals surface area contributed by atoms with Crippen molar-refractivity contribution in [2.75, 3.05) is 13.2 Å². The lowest BCUT2D eigenvalue weighted by atomic mass is 10.2. The summed E-state index contributed by atoms with van der Waals surface area (Å²) in [7, 11) is 0. The minimum atomic E-state index is -0.469. The third-order valence-corrected chi connectivity index (χ3v) is 2.74. The molecule has 0 saturated heterocycles. The second kappa shape index (κ2) is 7.87. The van der Waals surface area contributed by atoms with Gasteiger partial charge in [0, 0.05) is 6.54 Å². The van der Waals surface area contributed by atoms with Crippen LogP contribution >= 0.6 is 0 Å². The van der Waals surface area contributed by atoms with E-state index in [9.17, 15) is 9.59 Å². The van der Waals surface area contributed by atoms with Crippen molar-refractivity contribution in [1.29, 1.82) is 0 Å². The number of hydrogen-bond donors (Lipinski definition) is 1. The van der Waals surface area contributed by atoms with Crippen LogP contribution in [0.3, 0.4) is 0 Å². The van der Waals surface area contributed by atoms with Crippen molar-refractivity contribution in [2.45, 2.75) is 19.9 Å². The lowest BCUT2D eigenvalue weighted by Crippen LogP contribution is -2.27. The Morgan fingerprint density at radius 2 is 2.05 bits per heavy atom. The summed E-state index contributed by atoms with van der Waals surface area (Å²) in [4.78, 5) is 24.3. The SMILES string of the molecule is CCOC(=O)CCNC(=O)c1nnn(Cc2ccccc2)n1. The molecule has 2 aromatic rings. The number of carbonyl (C=O) groups is 2. The summed E-state index contributed by atoms with van der Waals surface area (Å²) in [5.74, 6) is -0.855. The zero-order chi connectivity index (χ0) is 15.8. The molecule has 1 aromatic heterocycles. The van der Waals surface area contributed by atoms with E-state index in [-0.39, 0.29) is 24.8 Å². The van der Waals surface area contributed by atoms with Crippen molar-refractivity contribution >= 4 is 11.9 Å². The van der Waals surface area contributed by atoms with E-state index < -0.39 is 5.91 Å². The van der Waals surface area contributed by atoms with Gasteiger partial charge in [0.15, 0.2) is 0 Å². The summed E-state index contributed by atoms with van der Waals surface area (Å²) in [6, 6.07) is 9.61. The van der Waals surface area contributed by atoms with Crippen LogP contribution in [-0.4, -0.2) is 45.2 Å². The van der Waals surface area contributed by atoms with Crippen molar-refractivity contribution in [3.8, 4) is 0 Å². The number of aromatic nitrogens is 4. The van der Waals surface area contributed by atoms with E-state index in [0.717, 1.165) is 5.56 Å². The second-order valence-electron chi connectivity index (χ2n) is 4.44. The van der Waals surface area contributed by atoms with E-state index in [1.807, 2.05) is 30.3 Å². The minimum Gasteiger partial charge on any atom is -0.466 e. The second-order valence-corrected chi connectivity index (χ2v) is 4.44. The van der Waals surface area contributed by atoms with Gasteiger partial charge in [-0.1, -0.05) is 30.3 Å². The van der Waals surface area contributed by atoms with E-state index in [1.165, 1.54) is 4.80 Å². The standard InChI is InChI=1S/C14H17N5O3/c1-2-22-12(20)8-9-15-14(21)13-16-18-19(17-13)10-11-6-4-3-5-7-11/h3-7H,2,8-10H2,1H3,(H,15,21). The van der Waals surface area contributed by atoms with Crippen LogP contribution in [0.25, 0.3) is 0 Å². The van der Waals surface area contributed by atoms with E-state index in [2.05, 4.69) is 20.7 Å². The normalized spacial score (nSPS) is 10.2. The summed E-state index contributed by atoms with van der Waals surface area (Å²) in [5, 5.41) is 14.1. The summed E-state index contributed by atoms with van der Waals surface area (Å²) >= 11 is 0. The maximum Gasteiger partial charge on any atom is 0.307 e. The number of carbonyl (C=O) groups excluding carboxylic acids is 2. The Morgan fingerprint density at radius 1 is 1.27 bits per heavy atom. The predicted octanol–water partition coefficient (Wildman–Crippen LogP) is 0.404. The molecule has 0 bridgehead atoms. The molecule has 1 N–H and O–H groups in total. The van der Waals surface area contributed by atoms with E-state index in [1.54, 1.807) is 6.92 Å². The van der Waals surface area contributed by atoms with Gasteiger partial charge in [0.05, 0.1) is 19.6 Å². The van der Waals surface area contributed by atoms with Crippen LogP contribution in [0, 0.1) is 0 Å². The van der Waals surface area contributed by atoms with Gasteiger partial charge < -0.3 is 10.1 Å². The number of esters is 1. The highest BCUT2D eigenvalue weighted by atomic mass is 16.5. The molecule has 0 spiro atoms. The molecule has 8 nitrogen and oxygen atoms in total. The van der Waals surface area contributed by atoms with Crippen molar-refractivity contribution in [3.63, 3.8) is 0 Å². The monoisotopic (exact) mass is 303 g/mol. The predicted molar refractivity (Wildman–Crippen MR) is 76.9 cm³/mol. The van der Waals surface area contributed by atoms with Gasteiger partial charge in [-0.05, 0) is 17.7 Å². The zero-order valence-corrected chi connectivity index (χ0v) is 12.2. The maximum absolute atomic E-state index is 11.8. The fourth-order valence-electron chi connectivity index (χ4n) is 1.74. The van der Waals surface area contributed by atoms with Crippen LogP contribution < -0.4 is 5.32 Å². The topological polar surface area (TPSA) is 99.0 Å². The highest BCUT2D eigenvalue weighted by Crippen LogP contribution is 2.00. The molecule has 0 radical (unpaired) electrons. The van der Waals surface area contributed by atoms with Gasteiger partial charge in [0.25, 0.3) is 11.7 Å². The van der Waals surface area contributed by atoms with Gasteiger partial charge in [0.2, 0.25) is 0 Å². The highest BCUT2D eigenvalue weighted by Gasteiger charge is 2.13. The van der Waals surface area contributed by atoms with Crippen LogP contribution in [0.1, 0.15) is 29.5 Å². The fraction of sp³-hybridized carbons (Fsp3) is 0.357. The third kappa shape index (κ3) is 4.65. The van der Waals surface area contributed by atoms with Crippen molar-refractivity contribution in [1.82, 2.24) is 25.5 Å². The largest absolute Gasteiger partial charge is 0.466 e. The maximum atomic E-state index is 11.8. The lowest BCUT2D eigenvalue weighted by molar-refractivity contribution is -0.142. The first-order valence-corrected chi connectivity index (χ1v) is 6.94.